The SMILES string of the molecule is C=CCc1cc(C(=O)N2C[C@H]3CC(O)C[C@H]3C2)ccc1OC. The maximum absolute atomic E-state index is 12.7. The van der Waals surface area contributed by atoms with E-state index in [9.17, 15) is 9.90 Å². The average molecular weight is 301 g/mol. The minimum Gasteiger partial charge on any atom is -0.496 e. The summed E-state index contributed by atoms with van der Waals surface area (Å²) >= 11 is 0. The van der Waals surface area contributed by atoms with Crippen molar-refractivity contribution in [2.24, 2.45) is 11.8 Å². The molecular weight excluding hydrogens is 278 g/mol. The Morgan fingerprint density at radius 1 is 1.41 bits per heavy atom. The van der Waals surface area contributed by atoms with Gasteiger partial charge in [0.1, 0.15) is 5.75 Å². The Labute approximate surface area is 131 Å². The molecule has 1 amide bonds. The predicted octanol–water partition coefficient (Wildman–Crippen LogP) is 2.27. The minimum atomic E-state index is -0.174. The van der Waals surface area contributed by atoms with Crippen LogP contribution in [-0.2, 0) is 6.42 Å². The number of hydrogen-bond acceptors (Lipinski definition) is 3. The van der Waals surface area contributed by atoms with Gasteiger partial charge < -0.3 is 14.7 Å². The molecule has 0 spiro atoms. The summed E-state index contributed by atoms with van der Waals surface area (Å²) in [7, 11) is 1.64. The number of fused-ring (bicyclic) bond motifs is 1. The molecule has 0 aromatic heterocycles. The van der Waals surface area contributed by atoms with E-state index in [4.69, 9.17) is 4.74 Å². The van der Waals surface area contributed by atoms with Gasteiger partial charge >= 0.3 is 0 Å². The molecule has 1 aromatic carbocycles. The molecule has 1 saturated carbocycles. The van der Waals surface area contributed by atoms with E-state index >= 15 is 0 Å². The van der Waals surface area contributed by atoms with Crippen molar-refractivity contribution in [3.63, 3.8) is 0 Å². The van der Waals surface area contributed by atoms with Gasteiger partial charge in [-0.25, -0.2) is 0 Å². The largest absolute Gasteiger partial charge is 0.496 e. The van der Waals surface area contributed by atoms with E-state index < -0.39 is 0 Å². The molecular formula is C18H23NO3. The van der Waals surface area contributed by atoms with Gasteiger partial charge in [-0.2, -0.15) is 0 Å². The smallest absolute Gasteiger partial charge is 0.253 e. The Balaban J connectivity index is 1.75. The lowest BCUT2D eigenvalue weighted by Crippen LogP contribution is -2.30. The number of amides is 1. The number of rotatable bonds is 4. The zero-order chi connectivity index (χ0) is 15.7. The third-order valence-corrected chi connectivity index (χ3v) is 4.90. The monoisotopic (exact) mass is 301 g/mol. The first-order chi connectivity index (χ1) is 10.6. The van der Waals surface area contributed by atoms with Crippen molar-refractivity contribution in [3.8, 4) is 5.75 Å². The van der Waals surface area contributed by atoms with Gasteiger partial charge in [-0.3, -0.25) is 4.79 Å². The van der Waals surface area contributed by atoms with E-state index in [1.54, 1.807) is 7.11 Å². The van der Waals surface area contributed by atoms with Gasteiger partial charge in [0.25, 0.3) is 5.91 Å². The van der Waals surface area contributed by atoms with Crippen molar-refractivity contribution < 1.29 is 14.6 Å². The number of nitrogens with zero attached hydrogens (tertiary/aromatic N) is 1. The summed E-state index contributed by atoms with van der Waals surface area (Å²) in [6.07, 6.45) is 3.99. The average Bonchev–Trinajstić information content (AvgIpc) is 3.04. The molecule has 1 aliphatic heterocycles. The highest BCUT2D eigenvalue weighted by atomic mass is 16.5. The van der Waals surface area contributed by atoms with Crippen LogP contribution in [0.5, 0.6) is 5.75 Å². The van der Waals surface area contributed by atoms with Crippen LogP contribution in [0.4, 0.5) is 0 Å². The van der Waals surface area contributed by atoms with Gasteiger partial charge in [-0.15, -0.1) is 6.58 Å². The summed E-state index contributed by atoms with van der Waals surface area (Å²) in [6, 6.07) is 5.59. The van der Waals surface area contributed by atoms with Crippen LogP contribution in [0.25, 0.3) is 0 Å². The normalized spacial score (nSPS) is 26.8. The van der Waals surface area contributed by atoms with Crippen LogP contribution in [0, 0.1) is 11.8 Å². The Morgan fingerprint density at radius 2 is 2.09 bits per heavy atom. The zero-order valence-corrected chi connectivity index (χ0v) is 13.0. The molecule has 2 aliphatic rings. The molecule has 1 aromatic rings. The van der Waals surface area contributed by atoms with Crippen molar-refractivity contribution in [1.29, 1.82) is 0 Å². The van der Waals surface area contributed by atoms with Crippen LogP contribution in [0.3, 0.4) is 0 Å². The van der Waals surface area contributed by atoms with Crippen molar-refractivity contribution in [3.05, 3.63) is 42.0 Å². The van der Waals surface area contributed by atoms with Crippen molar-refractivity contribution in [2.45, 2.75) is 25.4 Å². The molecule has 118 valence electrons. The van der Waals surface area contributed by atoms with E-state index in [2.05, 4.69) is 6.58 Å². The molecule has 3 rings (SSSR count). The second-order valence-electron chi connectivity index (χ2n) is 6.37. The van der Waals surface area contributed by atoms with E-state index in [1.165, 1.54) is 0 Å². The first kappa shape index (κ1) is 15.1. The van der Waals surface area contributed by atoms with E-state index in [-0.39, 0.29) is 12.0 Å². The minimum absolute atomic E-state index is 0.0804. The molecule has 1 aliphatic carbocycles. The Kier molecular flexibility index (Phi) is 4.21. The first-order valence-electron chi connectivity index (χ1n) is 7.87. The summed E-state index contributed by atoms with van der Waals surface area (Å²) in [4.78, 5) is 14.6. The standard InChI is InChI=1S/C18H23NO3/c1-3-4-12-7-13(5-6-17(12)22-2)18(21)19-10-14-8-16(20)9-15(14)11-19/h3,5-7,14-16,20H,1,4,8-11H2,2H3/t14-,15+,16?. The van der Waals surface area contributed by atoms with Crippen molar-refractivity contribution in [1.82, 2.24) is 4.90 Å². The third-order valence-electron chi connectivity index (χ3n) is 4.90. The highest BCUT2D eigenvalue weighted by Crippen LogP contribution is 2.38. The highest BCUT2D eigenvalue weighted by Gasteiger charge is 2.41. The molecule has 1 unspecified atom stereocenters. The zero-order valence-electron chi connectivity index (χ0n) is 13.0. The summed E-state index contributed by atoms with van der Waals surface area (Å²) in [5.41, 5.74) is 1.69. The number of methoxy groups -OCH3 is 1. The Bertz CT molecular complexity index is 570. The number of aliphatic hydroxyl groups is 1. The molecule has 1 heterocycles. The summed E-state index contributed by atoms with van der Waals surface area (Å²) in [5, 5.41) is 9.70. The lowest BCUT2D eigenvalue weighted by molar-refractivity contribution is 0.0765. The summed E-state index contributed by atoms with van der Waals surface area (Å²) in [6.45, 7) is 5.29. The van der Waals surface area contributed by atoms with E-state index in [0.29, 0.717) is 23.8 Å². The molecule has 2 fully saturated rings. The quantitative estimate of drug-likeness (QED) is 0.868. The fourth-order valence-electron chi connectivity index (χ4n) is 3.84. The number of hydrogen-bond donors (Lipinski definition) is 1. The fourth-order valence-corrected chi connectivity index (χ4v) is 3.84. The van der Waals surface area contributed by atoms with Gasteiger partial charge in [0.05, 0.1) is 13.2 Å². The van der Waals surface area contributed by atoms with Crippen LogP contribution in [0.1, 0.15) is 28.8 Å². The molecule has 1 N–H and O–H groups in total. The predicted molar refractivity (Wildman–Crippen MR) is 85.0 cm³/mol. The number of carbonyl (C=O) groups is 1. The molecule has 1 saturated heterocycles. The fraction of sp³-hybridized carbons (Fsp3) is 0.500. The van der Waals surface area contributed by atoms with Crippen LogP contribution in [-0.4, -0.2) is 42.2 Å². The number of likely N-dealkylation sites (tertiary alicyclic amines) is 1. The maximum atomic E-state index is 12.7. The van der Waals surface area contributed by atoms with Gasteiger partial charge in [0.15, 0.2) is 0 Å². The summed E-state index contributed by atoms with van der Waals surface area (Å²) in [5.74, 6) is 1.80. The number of ether oxygens (including phenoxy) is 1. The van der Waals surface area contributed by atoms with Crippen LogP contribution >= 0.6 is 0 Å². The molecule has 22 heavy (non-hydrogen) atoms. The van der Waals surface area contributed by atoms with E-state index in [1.807, 2.05) is 29.2 Å². The number of carbonyl (C=O) groups excluding carboxylic acids is 1. The number of aliphatic hydroxyl groups excluding tert-OH is 1. The van der Waals surface area contributed by atoms with Crippen molar-refractivity contribution >= 4 is 5.91 Å². The van der Waals surface area contributed by atoms with Gasteiger partial charge in [-0.1, -0.05) is 6.08 Å². The Morgan fingerprint density at radius 3 is 2.68 bits per heavy atom. The molecule has 4 nitrogen and oxygen atoms in total. The van der Waals surface area contributed by atoms with Crippen molar-refractivity contribution in [2.75, 3.05) is 20.2 Å². The third kappa shape index (κ3) is 2.75. The van der Waals surface area contributed by atoms with Gasteiger partial charge in [-0.05, 0) is 54.9 Å². The molecule has 3 atom stereocenters. The van der Waals surface area contributed by atoms with Crippen LogP contribution in [0.15, 0.2) is 30.9 Å². The van der Waals surface area contributed by atoms with Crippen LogP contribution in [0.2, 0.25) is 0 Å². The second kappa shape index (κ2) is 6.13. The summed E-state index contributed by atoms with van der Waals surface area (Å²) < 4.78 is 5.33. The molecule has 4 heteroatoms. The highest BCUT2D eigenvalue weighted by molar-refractivity contribution is 5.94. The number of allylic oxidation sites excluding steroid dienone is 1. The molecule has 0 radical (unpaired) electrons. The first-order valence-corrected chi connectivity index (χ1v) is 7.87. The van der Waals surface area contributed by atoms with E-state index in [0.717, 1.165) is 37.2 Å². The number of benzene rings is 1. The van der Waals surface area contributed by atoms with Gasteiger partial charge in [0, 0.05) is 18.7 Å². The van der Waals surface area contributed by atoms with Crippen LogP contribution < -0.4 is 4.74 Å². The van der Waals surface area contributed by atoms with Gasteiger partial charge in [0.2, 0.25) is 0 Å². The maximum Gasteiger partial charge on any atom is 0.253 e. The molecule has 0 bridgehead atoms. The lowest BCUT2D eigenvalue weighted by Gasteiger charge is -2.19. The topological polar surface area (TPSA) is 49.8 Å². The Hall–Kier alpha value is -1.81. The second-order valence-corrected chi connectivity index (χ2v) is 6.37. The lowest BCUT2D eigenvalue weighted by atomic mass is 10.0.